The van der Waals surface area contributed by atoms with E-state index >= 15 is 0 Å². The molecule has 0 aromatic carbocycles. The Morgan fingerprint density at radius 2 is 2.07 bits per heavy atom. The van der Waals surface area contributed by atoms with E-state index in [1.54, 1.807) is 0 Å². The second-order valence-electron chi connectivity index (χ2n) is 4.51. The Balaban J connectivity index is 2.98. The zero-order valence-corrected chi connectivity index (χ0v) is 9.43. The minimum Gasteiger partial charge on any atom is -0.381 e. The van der Waals surface area contributed by atoms with E-state index in [4.69, 9.17) is 0 Å². The molecule has 1 aliphatic rings. The molecule has 1 aliphatic carbocycles. The molecule has 0 aliphatic heterocycles. The van der Waals surface area contributed by atoms with Gasteiger partial charge >= 0.3 is 0 Å². The van der Waals surface area contributed by atoms with Crippen LogP contribution in [0.3, 0.4) is 0 Å². The second kappa shape index (κ2) is 3.74. The van der Waals surface area contributed by atoms with Crippen LogP contribution in [0.1, 0.15) is 33.6 Å². The van der Waals surface area contributed by atoms with Gasteiger partial charge in [-0.05, 0) is 50.7 Å². The molecule has 0 fully saturated rings. The van der Waals surface area contributed by atoms with Gasteiger partial charge in [-0.2, -0.15) is 0 Å². The van der Waals surface area contributed by atoms with Gasteiger partial charge in [0.05, 0.1) is 0 Å². The smallest absolute Gasteiger partial charge is 0.106 e. The Labute approximate surface area is 86.8 Å². The van der Waals surface area contributed by atoms with Gasteiger partial charge in [0, 0.05) is 0 Å². The van der Waals surface area contributed by atoms with Crippen molar-refractivity contribution < 1.29 is 5.11 Å². The summed E-state index contributed by atoms with van der Waals surface area (Å²) in [6, 6.07) is 0. The first-order chi connectivity index (χ1) is 6.38. The van der Waals surface area contributed by atoms with Gasteiger partial charge in [0.2, 0.25) is 0 Å². The third-order valence-electron chi connectivity index (χ3n) is 3.31. The normalized spacial score (nSPS) is 32.3. The first-order valence-corrected chi connectivity index (χ1v) is 5.09. The van der Waals surface area contributed by atoms with Gasteiger partial charge in [-0.1, -0.05) is 24.8 Å². The van der Waals surface area contributed by atoms with E-state index in [0.29, 0.717) is 5.92 Å². The maximum Gasteiger partial charge on any atom is 0.106 e. The highest BCUT2D eigenvalue weighted by Gasteiger charge is 2.35. The second-order valence-corrected chi connectivity index (χ2v) is 4.51. The summed E-state index contributed by atoms with van der Waals surface area (Å²) >= 11 is 0. The number of aliphatic hydroxyl groups is 1. The highest BCUT2D eigenvalue weighted by atomic mass is 16.3. The van der Waals surface area contributed by atoms with Crippen LogP contribution in [0.5, 0.6) is 0 Å². The van der Waals surface area contributed by atoms with Crippen LogP contribution in [0.25, 0.3) is 0 Å². The summed E-state index contributed by atoms with van der Waals surface area (Å²) in [6.45, 7) is 13.7. The molecule has 14 heavy (non-hydrogen) atoms. The van der Waals surface area contributed by atoms with E-state index in [0.717, 1.165) is 29.6 Å². The summed E-state index contributed by atoms with van der Waals surface area (Å²) in [5.74, 6) is 0.389. The summed E-state index contributed by atoms with van der Waals surface area (Å²) in [4.78, 5) is 0. The zero-order valence-electron chi connectivity index (χ0n) is 9.43. The van der Waals surface area contributed by atoms with Crippen LogP contribution in [-0.4, -0.2) is 10.7 Å². The lowest BCUT2D eigenvalue weighted by Gasteiger charge is -2.37. The number of hydrogen-bond acceptors (Lipinski definition) is 1. The molecule has 2 atom stereocenters. The van der Waals surface area contributed by atoms with Crippen LogP contribution >= 0.6 is 0 Å². The molecule has 0 aromatic rings. The Morgan fingerprint density at radius 3 is 2.50 bits per heavy atom. The van der Waals surface area contributed by atoms with E-state index in [1.165, 1.54) is 0 Å². The zero-order chi connectivity index (χ0) is 10.9. The van der Waals surface area contributed by atoms with E-state index < -0.39 is 5.60 Å². The maximum absolute atomic E-state index is 10.4. The van der Waals surface area contributed by atoms with Gasteiger partial charge < -0.3 is 5.11 Å². The highest BCUT2D eigenvalue weighted by molar-refractivity contribution is 5.32. The van der Waals surface area contributed by atoms with E-state index in [2.05, 4.69) is 19.2 Å². The number of rotatable bonds is 2. The Kier molecular flexibility index (Phi) is 3.01. The highest BCUT2D eigenvalue weighted by Crippen LogP contribution is 2.39. The van der Waals surface area contributed by atoms with E-state index in [1.807, 2.05) is 20.8 Å². The fourth-order valence-electron chi connectivity index (χ4n) is 1.98. The van der Waals surface area contributed by atoms with Gasteiger partial charge in [0.15, 0.2) is 0 Å². The molecule has 1 heteroatoms. The molecule has 1 N–H and O–H groups in total. The lowest BCUT2D eigenvalue weighted by molar-refractivity contribution is 0.0858. The van der Waals surface area contributed by atoms with Crippen LogP contribution in [0.15, 0.2) is 36.0 Å². The molecule has 0 saturated heterocycles. The molecular weight excluding hydrogens is 172 g/mol. The summed E-state index contributed by atoms with van der Waals surface area (Å²) in [5.41, 5.74) is 2.20. The summed E-state index contributed by atoms with van der Waals surface area (Å²) in [5, 5.41) is 10.4. The predicted molar refractivity (Wildman–Crippen MR) is 61.1 cm³/mol. The van der Waals surface area contributed by atoms with Gasteiger partial charge in [-0.3, -0.25) is 0 Å². The van der Waals surface area contributed by atoms with Crippen LogP contribution < -0.4 is 0 Å². The lowest BCUT2D eigenvalue weighted by Crippen LogP contribution is -2.36. The lowest BCUT2D eigenvalue weighted by atomic mass is 9.73. The maximum atomic E-state index is 10.4. The molecule has 0 amide bonds. The van der Waals surface area contributed by atoms with Gasteiger partial charge in [0.1, 0.15) is 5.60 Å². The van der Waals surface area contributed by atoms with Gasteiger partial charge in [0.25, 0.3) is 0 Å². The van der Waals surface area contributed by atoms with E-state index in [-0.39, 0.29) is 0 Å². The summed E-state index contributed by atoms with van der Waals surface area (Å²) in [7, 11) is 0. The average molecular weight is 192 g/mol. The Bertz CT molecular complexity index is 298. The molecule has 0 heterocycles. The minimum atomic E-state index is -0.804. The SMILES string of the molecule is C=C(C)C1CC=C(C)C(O)(C(=C)C)C1. The van der Waals surface area contributed by atoms with Crippen LogP contribution in [0, 0.1) is 5.92 Å². The van der Waals surface area contributed by atoms with Crippen molar-refractivity contribution in [1.82, 2.24) is 0 Å². The molecule has 0 bridgehead atoms. The van der Waals surface area contributed by atoms with Crippen molar-refractivity contribution in [3.05, 3.63) is 36.0 Å². The summed E-state index contributed by atoms with van der Waals surface area (Å²) in [6.07, 6.45) is 3.84. The molecule has 1 rings (SSSR count). The van der Waals surface area contributed by atoms with Crippen LogP contribution in [0.4, 0.5) is 0 Å². The van der Waals surface area contributed by atoms with Crippen molar-refractivity contribution in [1.29, 1.82) is 0 Å². The first kappa shape index (κ1) is 11.3. The van der Waals surface area contributed by atoms with Crippen molar-refractivity contribution in [2.24, 2.45) is 5.92 Å². The third kappa shape index (κ3) is 1.83. The topological polar surface area (TPSA) is 20.2 Å². The first-order valence-electron chi connectivity index (χ1n) is 5.09. The van der Waals surface area contributed by atoms with Gasteiger partial charge in [-0.15, -0.1) is 0 Å². The Hall–Kier alpha value is -0.820. The number of allylic oxidation sites excluding steroid dienone is 2. The molecule has 0 spiro atoms. The molecule has 1 nitrogen and oxygen atoms in total. The standard InChI is InChI=1S/C13H20O/c1-9(2)12-7-6-11(5)13(14,8-12)10(3)4/h6,12,14H,1,3,7-8H2,2,4-5H3. The Morgan fingerprint density at radius 1 is 1.50 bits per heavy atom. The summed E-state index contributed by atoms with van der Waals surface area (Å²) < 4.78 is 0. The quantitative estimate of drug-likeness (QED) is 0.666. The molecule has 0 aromatic heterocycles. The monoisotopic (exact) mass is 192 g/mol. The van der Waals surface area contributed by atoms with Crippen LogP contribution in [-0.2, 0) is 0 Å². The van der Waals surface area contributed by atoms with Crippen molar-refractivity contribution in [3.63, 3.8) is 0 Å². The fourth-order valence-corrected chi connectivity index (χ4v) is 1.98. The van der Waals surface area contributed by atoms with E-state index in [9.17, 15) is 5.11 Å². The fraction of sp³-hybridized carbons (Fsp3) is 0.538. The molecular formula is C13H20O. The van der Waals surface area contributed by atoms with Crippen LogP contribution in [0.2, 0.25) is 0 Å². The van der Waals surface area contributed by atoms with Crippen molar-refractivity contribution >= 4 is 0 Å². The molecule has 78 valence electrons. The average Bonchev–Trinajstić information content (AvgIpc) is 2.09. The van der Waals surface area contributed by atoms with Crippen molar-refractivity contribution in [2.45, 2.75) is 39.2 Å². The minimum absolute atomic E-state index is 0.389. The molecule has 0 radical (unpaired) electrons. The largest absolute Gasteiger partial charge is 0.381 e. The third-order valence-corrected chi connectivity index (χ3v) is 3.31. The van der Waals surface area contributed by atoms with Gasteiger partial charge in [-0.25, -0.2) is 0 Å². The molecule has 2 unspecified atom stereocenters. The molecule has 0 saturated carbocycles. The number of hydrogen-bond donors (Lipinski definition) is 1. The van der Waals surface area contributed by atoms with Crippen molar-refractivity contribution in [2.75, 3.05) is 0 Å². The predicted octanol–water partition coefficient (Wildman–Crippen LogP) is 3.23. The van der Waals surface area contributed by atoms with Crippen molar-refractivity contribution in [3.8, 4) is 0 Å².